The Labute approximate surface area is 98.1 Å². The molecule has 0 saturated carbocycles. The third-order valence-electron chi connectivity index (χ3n) is 1.79. The van der Waals surface area contributed by atoms with Crippen LogP contribution in [0.1, 0.15) is 13.8 Å². The van der Waals surface area contributed by atoms with Crippen molar-refractivity contribution in [1.82, 2.24) is 29.7 Å². The zero-order valence-electron chi connectivity index (χ0n) is 9.82. The lowest BCUT2D eigenvalue weighted by Gasteiger charge is -2.09. The standard InChI is InChI=1S/C9H13N7O/c1-6(2)17-9-14-7(10-3)13-8(15-9)16-5-11-4-12-16/h4-6H,1-3H3,(H,10,13,14,15). The maximum Gasteiger partial charge on any atom is 0.323 e. The molecule has 0 radical (unpaired) electrons. The van der Waals surface area contributed by atoms with E-state index in [4.69, 9.17) is 4.74 Å². The maximum absolute atomic E-state index is 5.43. The lowest BCUT2D eigenvalue weighted by Crippen LogP contribution is -2.13. The van der Waals surface area contributed by atoms with Gasteiger partial charge >= 0.3 is 6.01 Å². The zero-order chi connectivity index (χ0) is 12.3. The van der Waals surface area contributed by atoms with Gasteiger partial charge in [0.2, 0.25) is 5.95 Å². The Hall–Kier alpha value is -2.25. The van der Waals surface area contributed by atoms with Crippen molar-refractivity contribution in [2.75, 3.05) is 12.4 Å². The number of nitrogens with one attached hydrogen (secondary N) is 1. The predicted molar refractivity (Wildman–Crippen MR) is 60.1 cm³/mol. The van der Waals surface area contributed by atoms with Crippen LogP contribution in [0.4, 0.5) is 5.95 Å². The van der Waals surface area contributed by atoms with E-state index in [9.17, 15) is 0 Å². The summed E-state index contributed by atoms with van der Waals surface area (Å²) in [7, 11) is 1.72. The minimum absolute atomic E-state index is 0.00861. The van der Waals surface area contributed by atoms with Gasteiger partial charge in [0.05, 0.1) is 6.10 Å². The van der Waals surface area contributed by atoms with Gasteiger partial charge in [-0.1, -0.05) is 0 Å². The maximum atomic E-state index is 5.43. The molecule has 0 amide bonds. The summed E-state index contributed by atoms with van der Waals surface area (Å²) in [6.45, 7) is 3.80. The summed E-state index contributed by atoms with van der Waals surface area (Å²) in [5.74, 6) is 0.777. The highest BCUT2D eigenvalue weighted by molar-refractivity contribution is 5.28. The first-order valence-corrected chi connectivity index (χ1v) is 5.14. The number of nitrogens with zero attached hydrogens (tertiary/aromatic N) is 6. The van der Waals surface area contributed by atoms with E-state index in [0.717, 1.165) is 0 Å². The molecule has 2 rings (SSSR count). The van der Waals surface area contributed by atoms with Gasteiger partial charge in [-0.2, -0.15) is 24.7 Å². The molecule has 1 N–H and O–H groups in total. The SMILES string of the molecule is CNc1nc(OC(C)C)nc(-n2cncn2)n1. The zero-order valence-corrected chi connectivity index (χ0v) is 9.82. The van der Waals surface area contributed by atoms with Crippen LogP contribution in [0.2, 0.25) is 0 Å². The Morgan fingerprint density at radius 2 is 2.12 bits per heavy atom. The first kappa shape index (κ1) is 11.2. The highest BCUT2D eigenvalue weighted by Gasteiger charge is 2.09. The number of ether oxygens (including phenoxy) is 1. The minimum atomic E-state index is -0.00861. The number of rotatable bonds is 4. The van der Waals surface area contributed by atoms with Crippen molar-refractivity contribution in [2.24, 2.45) is 0 Å². The largest absolute Gasteiger partial charge is 0.461 e. The Kier molecular flexibility index (Phi) is 3.12. The number of hydrogen-bond donors (Lipinski definition) is 1. The normalized spacial score (nSPS) is 10.6. The highest BCUT2D eigenvalue weighted by Crippen LogP contribution is 2.10. The summed E-state index contributed by atoms with van der Waals surface area (Å²) in [5.41, 5.74) is 0. The molecule has 0 bridgehead atoms. The summed E-state index contributed by atoms with van der Waals surface area (Å²) >= 11 is 0. The molecule has 0 spiro atoms. The summed E-state index contributed by atoms with van der Waals surface area (Å²) in [5, 5.41) is 6.79. The molecule has 0 atom stereocenters. The molecule has 0 unspecified atom stereocenters. The van der Waals surface area contributed by atoms with Crippen LogP contribution in [-0.2, 0) is 0 Å². The van der Waals surface area contributed by atoms with Crippen molar-refractivity contribution in [1.29, 1.82) is 0 Å². The quantitative estimate of drug-likeness (QED) is 0.813. The number of hydrogen-bond acceptors (Lipinski definition) is 7. The van der Waals surface area contributed by atoms with Crippen molar-refractivity contribution < 1.29 is 4.74 Å². The molecule has 2 aromatic heterocycles. The predicted octanol–water partition coefficient (Wildman–Crippen LogP) is 0.281. The van der Waals surface area contributed by atoms with Crippen LogP contribution in [0.15, 0.2) is 12.7 Å². The molecule has 8 nitrogen and oxygen atoms in total. The van der Waals surface area contributed by atoms with E-state index >= 15 is 0 Å². The van der Waals surface area contributed by atoms with Gasteiger partial charge in [0.15, 0.2) is 0 Å². The van der Waals surface area contributed by atoms with Crippen molar-refractivity contribution in [3.8, 4) is 12.0 Å². The molecular formula is C9H13N7O. The van der Waals surface area contributed by atoms with Crippen molar-refractivity contribution in [3.63, 3.8) is 0 Å². The van der Waals surface area contributed by atoms with E-state index in [0.29, 0.717) is 11.9 Å². The van der Waals surface area contributed by atoms with Gasteiger partial charge in [-0.15, -0.1) is 0 Å². The molecule has 2 heterocycles. The average molecular weight is 235 g/mol. The molecule has 0 saturated heterocycles. The van der Waals surface area contributed by atoms with Crippen molar-refractivity contribution >= 4 is 5.95 Å². The lowest BCUT2D eigenvalue weighted by molar-refractivity contribution is 0.221. The second-order valence-corrected chi connectivity index (χ2v) is 3.50. The molecule has 0 aliphatic rings. The average Bonchev–Trinajstić information content (AvgIpc) is 2.81. The third kappa shape index (κ3) is 2.65. The molecule has 0 fully saturated rings. The molecule has 0 aromatic carbocycles. The smallest absolute Gasteiger partial charge is 0.323 e. The summed E-state index contributed by atoms with van der Waals surface area (Å²) in [6.07, 6.45) is 2.91. The van der Waals surface area contributed by atoms with E-state index in [1.807, 2.05) is 13.8 Å². The van der Waals surface area contributed by atoms with Crippen LogP contribution < -0.4 is 10.1 Å². The first-order chi connectivity index (χ1) is 8.19. The lowest BCUT2D eigenvalue weighted by atomic mass is 10.5. The Balaban J connectivity index is 2.38. The molecule has 2 aromatic rings. The Bertz CT molecular complexity index is 482. The van der Waals surface area contributed by atoms with Crippen LogP contribution in [0.5, 0.6) is 6.01 Å². The van der Waals surface area contributed by atoms with Gasteiger partial charge < -0.3 is 10.1 Å². The van der Waals surface area contributed by atoms with Crippen LogP contribution in [0.25, 0.3) is 5.95 Å². The summed E-state index contributed by atoms with van der Waals surface area (Å²) in [4.78, 5) is 16.2. The number of anilines is 1. The molecule has 0 aliphatic carbocycles. The molecular weight excluding hydrogens is 222 g/mol. The van der Waals surface area contributed by atoms with Gasteiger partial charge in [-0.3, -0.25) is 0 Å². The van der Waals surface area contributed by atoms with E-state index in [-0.39, 0.29) is 12.1 Å². The first-order valence-electron chi connectivity index (χ1n) is 5.14. The summed E-state index contributed by atoms with van der Waals surface area (Å²) < 4.78 is 6.87. The second kappa shape index (κ2) is 4.73. The monoisotopic (exact) mass is 235 g/mol. The van der Waals surface area contributed by atoms with E-state index in [1.165, 1.54) is 17.3 Å². The molecule has 8 heteroatoms. The fraction of sp³-hybridized carbons (Fsp3) is 0.444. The van der Waals surface area contributed by atoms with Crippen molar-refractivity contribution in [2.45, 2.75) is 20.0 Å². The fourth-order valence-corrected chi connectivity index (χ4v) is 1.14. The fourth-order valence-electron chi connectivity index (χ4n) is 1.14. The molecule has 90 valence electrons. The van der Waals surface area contributed by atoms with Crippen molar-refractivity contribution in [3.05, 3.63) is 12.7 Å². The van der Waals surface area contributed by atoms with E-state index in [2.05, 4.69) is 30.4 Å². The van der Waals surface area contributed by atoms with Crippen LogP contribution in [0.3, 0.4) is 0 Å². The number of aromatic nitrogens is 6. The topological polar surface area (TPSA) is 90.6 Å². The van der Waals surface area contributed by atoms with Crippen LogP contribution in [0, 0.1) is 0 Å². The van der Waals surface area contributed by atoms with Gasteiger partial charge in [0.25, 0.3) is 5.95 Å². The Morgan fingerprint density at radius 1 is 1.29 bits per heavy atom. The van der Waals surface area contributed by atoms with Gasteiger partial charge in [0, 0.05) is 7.05 Å². The molecule has 17 heavy (non-hydrogen) atoms. The van der Waals surface area contributed by atoms with Crippen LogP contribution in [-0.4, -0.2) is 42.9 Å². The van der Waals surface area contributed by atoms with E-state index < -0.39 is 0 Å². The van der Waals surface area contributed by atoms with Gasteiger partial charge in [0.1, 0.15) is 12.7 Å². The highest BCUT2D eigenvalue weighted by atomic mass is 16.5. The Morgan fingerprint density at radius 3 is 2.71 bits per heavy atom. The summed E-state index contributed by atoms with van der Waals surface area (Å²) in [6, 6.07) is 0.254. The molecule has 0 aliphatic heterocycles. The second-order valence-electron chi connectivity index (χ2n) is 3.50. The van der Waals surface area contributed by atoms with Gasteiger partial charge in [-0.05, 0) is 13.8 Å². The third-order valence-corrected chi connectivity index (χ3v) is 1.79. The van der Waals surface area contributed by atoms with E-state index in [1.54, 1.807) is 7.05 Å². The van der Waals surface area contributed by atoms with Gasteiger partial charge in [-0.25, -0.2) is 4.98 Å². The van der Waals surface area contributed by atoms with Crippen LogP contribution >= 0.6 is 0 Å². The minimum Gasteiger partial charge on any atom is -0.461 e.